The van der Waals surface area contributed by atoms with E-state index in [1.807, 2.05) is 36.4 Å². The standard InChI is InChI=1S/C24H25N3O3/c1-3-4-5-12-26-13-10-21-19(23(26)28)15-20-22(25-21)11-14-27(24(20)29)16-17-6-8-18(30-2)9-7-17/h6-11,13-15H,3-5,12,16H2,1-2H3. The summed E-state index contributed by atoms with van der Waals surface area (Å²) >= 11 is 0. The zero-order chi connectivity index (χ0) is 21.1. The second-order valence-corrected chi connectivity index (χ2v) is 7.47. The monoisotopic (exact) mass is 403 g/mol. The van der Waals surface area contributed by atoms with Gasteiger partial charge in [-0.25, -0.2) is 4.98 Å². The van der Waals surface area contributed by atoms with E-state index >= 15 is 0 Å². The van der Waals surface area contributed by atoms with E-state index in [9.17, 15) is 9.59 Å². The van der Waals surface area contributed by atoms with Gasteiger partial charge in [-0.2, -0.15) is 0 Å². The predicted octanol–water partition coefficient (Wildman–Crippen LogP) is 3.96. The van der Waals surface area contributed by atoms with Gasteiger partial charge < -0.3 is 13.9 Å². The molecule has 1 aromatic carbocycles. The molecule has 0 bridgehead atoms. The molecule has 6 heteroatoms. The summed E-state index contributed by atoms with van der Waals surface area (Å²) in [5, 5.41) is 0.947. The van der Waals surface area contributed by atoms with Gasteiger partial charge in [0.1, 0.15) is 5.75 Å². The van der Waals surface area contributed by atoms with E-state index in [1.54, 1.807) is 34.7 Å². The number of hydrogen-bond donors (Lipinski definition) is 0. The SMILES string of the molecule is CCCCCn1ccc2nc3ccn(Cc4ccc(OC)cc4)c(=O)c3cc2c1=O. The summed E-state index contributed by atoms with van der Waals surface area (Å²) in [6.45, 7) is 3.25. The Hall–Kier alpha value is -3.41. The van der Waals surface area contributed by atoms with Crippen LogP contribution in [0.1, 0.15) is 31.7 Å². The number of ether oxygens (including phenoxy) is 1. The smallest absolute Gasteiger partial charge is 0.260 e. The molecule has 0 saturated heterocycles. The summed E-state index contributed by atoms with van der Waals surface area (Å²) < 4.78 is 8.54. The Morgan fingerprint density at radius 1 is 0.867 bits per heavy atom. The third kappa shape index (κ3) is 3.85. The number of aryl methyl sites for hydroxylation is 1. The number of aromatic nitrogens is 3. The topological polar surface area (TPSA) is 66.1 Å². The maximum absolute atomic E-state index is 13.1. The van der Waals surface area contributed by atoms with Crippen LogP contribution < -0.4 is 15.9 Å². The second kappa shape index (κ2) is 8.53. The van der Waals surface area contributed by atoms with Gasteiger partial charge in [-0.3, -0.25) is 9.59 Å². The van der Waals surface area contributed by atoms with E-state index in [1.165, 1.54) is 0 Å². The first-order valence-electron chi connectivity index (χ1n) is 10.3. The number of hydrogen-bond acceptors (Lipinski definition) is 4. The number of fused-ring (bicyclic) bond motifs is 2. The van der Waals surface area contributed by atoms with Gasteiger partial charge in [0.25, 0.3) is 11.1 Å². The molecule has 4 rings (SSSR count). The first-order valence-corrected chi connectivity index (χ1v) is 10.3. The van der Waals surface area contributed by atoms with Crippen molar-refractivity contribution in [3.63, 3.8) is 0 Å². The molecular formula is C24H25N3O3. The molecule has 0 aliphatic heterocycles. The zero-order valence-corrected chi connectivity index (χ0v) is 17.3. The van der Waals surface area contributed by atoms with Gasteiger partial charge in [0.2, 0.25) is 0 Å². The van der Waals surface area contributed by atoms with Gasteiger partial charge in [0.05, 0.1) is 35.5 Å². The molecule has 0 aliphatic carbocycles. The Morgan fingerprint density at radius 2 is 1.50 bits per heavy atom. The molecular weight excluding hydrogens is 378 g/mol. The molecule has 0 fully saturated rings. The van der Waals surface area contributed by atoms with E-state index in [-0.39, 0.29) is 11.1 Å². The molecule has 0 amide bonds. The minimum Gasteiger partial charge on any atom is -0.497 e. The van der Waals surface area contributed by atoms with Crippen LogP contribution in [0.5, 0.6) is 5.75 Å². The summed E-state index contributed by atoms with van der Waals surface area (Å²) in [5.74, 6) is 0.774. The molecule has 0 radical (unpaired) electrons. The van der Waals surface area contributed by atoms with Crippen LogP contribution in [0.25, 0.3) is 21.8 Å². The zero-order valence-electron chi connectivity index (χ0n) is 17.3. The van der Waals surface area contributed by atoms with Crippen molar-refractivity contribution in [3.8, 4) is 5.75 Å². The second-order valence-electron chi connectivity index (χ2n) is 7.47. The molecule has 4 aromatic rings. The van der Waals surface area contributed by atoms with Gasteiger partial charge >= 0.3 is 0 Å². The first kappa shape index (κ1) is 19.9. The van der Waals surface area contributed by atoms with Crippen LogP contribution in [-0.4, -0.2) is 21.2 Å². The summed E-state index contributed by atoms with van der Waals surface area (Å²) in [6.07, 6.45) is 6.68. The van der Waals surface area contributed by atoms with Crippen molar-refractivity contribution in [1.29, 1.82) is 0 Å². The van der Waals surface area contributed by atoms with E-state index in [0.717, 1.165) is 30.6 Å². The van der Waals surface area contributed by atoms with Crippen LogP contribution in [0.3, 0.4) is 0 Å². The van der Waals surface area contributed by atoms with Gasteiger partial charge in [0, 0.05) is 18.9 Å². The third-order valence-electron chi connectivity index (χ3n) is 5.40. The number of nitrogens with zero attached hydrogens (tertiary/aromatic N) is 3. The minimum absolute atomic E-state index is 0.0945. The number of methoxy groups -OCH3 is 1. The van der Waals surface area contributed by atoms with Crippen molar-refractivity contribution in [2.24, 2.45) is 0 Å². The lowest BCUT2D eigenvalue weighted by Gasteiger charge is -2.10. The van der Waals surface area contributed by atoms with Gasteiger partial charge in [-0.15, -0.1) is 0 Å². The Bertz CT molecular complexity index is 1300. The number of pyridine rings is 3. The van der Waals surface area contributed by atoms with Crippen molar-refractivity contribution in [2.75, 3.05) is 7.11 Å². The Morgan fingerprint density at radius 3 is 2.13 bits per heavy atom. The maximum atomic E-state index is 13.1. The first-order chi connectivity index (χ1) is 14.6. The molecule has 154 valence electrons. The molecule has 6 nitrogen and oxygen atoms in total. The highest BCUT2D eigenvalue weighted by Gasteiger charge is 2.10. The Kier molecular flexibility index (Phi) is 5.65. The van der Waals surface area contributed by atoms with E-state index in [4.69, 9.17) is 4.74 Å². The van der Waals surface area contributed by atoms with Crippen molar-refractivity contribution in [1.82, 2.24) is 14.1 Å². The average molecular weight is 403 g/mol. The fraction of sp³-hybridized carbons (Fsp3) is 0.292. The van der Waals surface area contributed by atoms with Crippen LogP contribution in [-0.2, 0) is 13.1 Å². The summed E-state index contributed by atoms with van der Waals surface area (Å²) in [7, 11) is 1.62. The predicted molar refractivity (Wildman–Crippen MR) is 119 cm³/mol. The van der Waals surface area contributed by atoms with Crippen LogP contribution in [0, 0.1) is 0 Å². The molecule has 3 aromatic heterocycles. The van der Waals surface area contributed by atoms with E-state index in [2.05, 4.69) is 11.9 Å². The van der Waals surface area contributed by atoms with Crippen molar-refractivity contribution in [2.45, 2.75) is 39.3 Å². The molecule has 0 saturated carbocycles. The van der Waals surface area contributed by atoms with Crippen molar-refractivity contribution < 1.29 is 4.74 Å². The van der Waals surface area contributed by atoms with Crippen molar-refractivity contribution >= 4 is 21.8 Å². The lowest BCUT2D eigenvalue weighted by molar-refractivity contribution is 0.414. The highest BCUT2D eigenvalue weighted by Crippen LogP contribution is 2.16. The highest BCUT2D eigenvalue weighted by molar-refractivity contribution is 5.91. The fourth-order valence-corrected chi connectivity index (χ4v) is 3.67. The van der Waals surface area contributed by atoms with E-state index < -0.39 is 0 Å². The summed E-state index contributed by atoms with van der Waals surface area (Å²) in [4.78, 5) is 30.6. The molecule has 0 aliphatic rings. The maximum Gasteiger partial charge on any atom is 0.260 e. The minimum atomic E-state index is -0.154. The Labute approximate surface area is 174 Å². The van der Waals surface area contributed by atoms with Gasteiger partial charge in [-0.1, -0.05) is 31.9 Å². The number of unbranched alkanes of at least 4 members (excludes halogenated alkanes) is 2. The van der Waals surface area contributed by atoms with Crippen LogP contribution >= 0.6 is 0 Å². The quantitative estimate of drug-likeness (QED) is 0.346. The fourth-order valence-electron chi connectivity index (χ4n) is 3.67. The van der Waals surface area contributed by atoms with Gasteiger partial charge in [-0.05, 0) is 42.3 Å². The number of benzene rings is 1. The van der Waals surface area contributed by atoms with E-state index in [0.29, 0.717) is 34.9 Å². The highest BCUT2D eigenvalue weighted by atomic mass is 16.5. The molecule has 0 atom stereocenters. The Balaban J connectivity index is 1.75. The lowest BCUT2D eigenvalue weighted by atomic mass is 10.1. The van der Waals surface area contributed by atoms with Crippen LogP contribution in [0.15, 0.2) is 64.4 Å². The summed E-state index contributed by atoms with van der Waals surface area (Å²) in [6, 6.07) is 13.0. The molecule has 0 unspecified atom stereocenters. The molecule has 3 heterocycles. The number of rotatable bonds is 7. The lowest BCUT2D eigenvalue weighted by Crippen LogP contribution is -2.22. The molecule has 0 N–H and O–H groups in total. The third-order valence-corrected chi connectivity index (χ3v) is 5.40. The molecule has 0 spiro atoms. The van der Waals surface area contributed by atoms with Crippen molar-refractivity contribution in [3.05, 3.63) is 81.1 Å². The summed E-state index contributed by atoms with van der Waals surface area (Å²) in [5.41, 5.74) is 1.96. The normalized spacial score (nSPS) is 11.3. The largest absolute Gasteiger partial charge is 0.497 e. The van der Waals surface area contributed by atoms with Gasteiger partial charge in [0.15, 0.2) is 0 Å². The van der Waals surface area contributed by atoms with Crippen LogP contribution in [0.2, 0.25) is 0 Å². The molecule has 30 heavy (non-hydrogen) atoms. The van der Waals surface area contributed by atoms with Crippen LogP contribution in [0.4, 0.5) is 0 Å². The average Bonchev–Trinajstić information content (AvgIpc) is 2.77.